The Balaban J connectivity index is 2.18. The summed E-state index contributed by atoms with van der Waals surface area (Å²) in [6, 6.07) is 11.0. The highest BCUT2D eigenvalue weighted by atomic mass is 35.5. The van der Waals surface area contributed by atoms with E-state index in [1.807, 2.05) is 11.6 Å². The number of halogens is 1. The van der Waals surface area contributed by atoms with E-state index in [1.165, 1.54) is 27.2 Å². The van der Waals surface area contributed by atoms with E-state index in [4.69, 9.17) is 11.6 Å². The summed E-state index contributed by atoms with van der Waals surface area (Å²) in [4.78, 5) is 17.3. The zero-order valence-corrected chi connectivity index (χ0v) is 14.1. The second-order valence-corrected chi connectivity index (χ2v) is 6.66. The van der Waals surface area contributed by atoms with Crippen molar-refractivity contribution in [2.45, 2.75) is 13.8 Å². The van der Waals surface area contributed by atoms with Crippen molar-refractivity contribution in [2.75, 3.05) is 0 Å². The van der Waals surface area contributed by atoms with E-state index in [0.717, 1.165) is 5.52 Å². The van der Waals surface area contributed by atoms with E-state index >= 15 is 0 Å². The Morgan fingerprint density at radius 2 is 1.91 bits per heavy atom. The minimum absolute atomic E-state index is 0.278. The molecule has 5 heteroatoms. The van der Waals surface area contributed by atoms with Crippen LogP contribution in [0.3, 0.4) is 0 Å². The number of rotatable bonds is 1. The van der Waals surface area contributed by atoms with Crippen LogP contribution in [0.1, 0.15) is 21.5 Å². The third kappa shape index (κ3) is 2.60. The average Bonchev–Trinajstić information content (AvgIpc) is 2.81. The summed E-state index contributed by atoms with van der Waals surface area (Å²) < 4.78 is 3.14. The molecule has 3 aromatic rings. The van der Waals surface area contributed by atoms with E-state index in [-0.39, 0.29) is 5.91 Å². The molecule has 1 heterocycles. The fourth-order valence-electron chi connectivity index (χ4n) is 2.44. The first-order chi connectivity index (χ1) is 10.5. The van der Waals surface area contributed by atoms with Gasteiger partial charge in [0.05, 0.1) is 10.2 Å². The fraction of sp³-hybridized carbons (Fsp3) is 0.176. The summed E-state index contributed by atoms with van der Waals surface area (Å²) in [7, 11) is 1.94. The number of amides is 1. The molecule has 0 aliphatic carbocycles. The van der Waals surface area contributed by atoms with Gasteiger partial charge in [0.2, 0.25) is 0 Å². The van der Waals surface area contributed by atoms with Crippen molar-refractivity contribution in [1.82, 2.24) is 4.57 Å². The Kier molecular flexibility index (Phi) is 3.89. The first-order valence-electron chi connectivity index (χ1n) is 6.88. The molecule has 0 fully saturated rings. The van der Waals surface area contributed by atoms with Crippen LogP contribution in [0.2, 0.25) is 5.02 Å². The number of hydrogen-bond donors (Lipinski definition) is 0. The molecule has 0 unspecified atom stereocenters. The van der Waals surface area contributed by atoms with Crippen molar-refractivity contribution in [3.63, 3.8) is 0 Å². The van der Waals surface area contributed by atoms with Gasteiger partial charge in [-0.25, -0.2) is 0 Å². The van der Waals surface area contributed by atoms with E-state index < -0.39 is 0 Å². The first kappa shape index (κ1) is 15.0. The van der Waals surface area contributed by atoms with Crippen LogP contribution in [-0.4, -0.2) is 10.5 Å². The largest absolute Gasteiger partial charge is 0.319 e. The normalized spacial score (nSPS) is 12.1. The zero-order valence-electron chi connectivity index (χ0n) is 12.6. The Morgan fingerprint density at radius 3 is 2.59 bits per heavy atom. The maximum atomic E-state index is 12.3. The summed E-state index contributed by atoms with van der Waals surface area (Å²) in [5.74, 6) is -0.278. The predicted molar refractivity (Wildman–Crippen MR) is 91.6 cm³/mol. The number of fused-ring (bicyclic) bond motifs is 1. The quantitative estimate of drug-likeness (QED) is 0.656. The first-order valence-corrected chi connectivity index (χ1v) is 8.07. The molecule has 0 aliphatic rings. The highest BCUT2D eigenvalue weighted by Crippen LogP contribution is 2.24. The third-order valence-electron chi connectivity index (χ3n) is 3.61. The van der Waals surface area contributed by atoms with Gasteiger partial charge in [-0.1, -0.05) is 41.1 Å². The summed E-state index contributed by atoms with van der Waals surface area (Å²) in [6.07, 6.45) is 0. The second kappa shape index (κ2) is 5.71. The minimum Gasteiger partial charge on any atom is -0.319 e. The summed E-state index contributed by atoms with van der Waals surface area (Å²) in [5.41, 5.74) is 4.00. The lowest BCUT2D eigenvalue weighted by molar-refractivity contribution is 0.0998. The fourth-order valence-corrected chi connectivity index (χ4v) is 3.80. The molecular formula is C17H15ClN2OS. The van der Waals surface area contributed by atoms with Crippen LogP contribution in [0.25, 0.3) is 10.2 Å². The number of carbonyl (C=O) groups excluding carboxylic acids is 1. The van der Waals surface area contributed by atoms with E-state index in [9.17, 15) is 4.79 Å². The zero-order chi connectivity index (χ0) is 15.9. The van der Waals surface area contributed by atoms with Crippen molar-refractivity contribution in [1.29, 1.82) is 0 Å². The molecule has 22 heavy (non-hydrogen) atoms. The molecule has 1 amide bonds. The van der Waals surface area contributed by atoms with E-state index in [0.29, 0.717) is 15.4 Å². The molecule has 0 saturated heterocycles. The Labute approximate surface area is 137 Å². The van der Waals surface area contributed by atoms with Gasteiger partial charge in [-0.15, -0.1) is 0 Å². The van der Waals surface area contributed by atoms with Gasteiger partial charge in [0.15, 0.2) is 4.80 Å². The number of aromatic nitrogens is 1. The maximum Gasteiger partial charge on any atom is 0.279 e. The monoisotopic (exact) mass is 330 g/mol. The van der Waals surface area contributed by atoms with Gasteiger partial charge in [0, 0.05) is 17.6 Å². The van der Waals surface area contributed by atoms with Crippen LogP contribution in [-0.2, 0) is 7.05 Å². The Bertz CT molecular complexity index is 953. The van der Waals surface area contributed by atoms with Gasteiger partial charge < -0.3 is 4.57 Å². The van der Waals surface area contributed by atoms with Crippen LogP contribution in [0.15, 0.2) is 41.4 Å². The van der Waals surface area contributed by atoms with Crippen LogP contribution in [0.5, 0.6) is 0 Å². The standard InChI is InChI=1S/C17H15ClN2OS/c1-10-7-8-11(2)15-14(10)20(3)17(22-15)19-16(21)12-5-4-6-13(18)9-12/h4-9H,1-3H3. The number of nitrogens with zero attached hydrogens (tertiary/aromatic N) is 2. The van der Waals surface area contributed by atoms with Gasteiger partial charge in [-0.05, 0) is 43.2 Å². The molecule has 0 saturated carbocycles. The molecule has 0 atom stereocenters. The van der Waals surface area contributed by atoms with E-state index in [1.54, 1.807) is 24.3 Å². The second-order valence-electron chi connectivity index (χ2n) is 5.25. The van der Waals surface area contributed by atoms with Crippen LogP contribution >= 0.6 is 22.9 Å². The van der Waals surface area contributed by atoms with Crippen molar-refractivity contribution < 1.29 is 4.79 Å². The summed E-state index contributed by atoms with van der Waals surface area (Å²) in [5, 5.41) is 0.536. The van der Waals surface area contributed by atoms with Gasteiger partial charge in [-0.2, -0.15) is 4.99 Å². The molecule has 2 aromatic carbocycles. The Hall–Kier alpha value is -1.91. The number of aryl methyl sites for hydroxylation is 3. The lowest BCUT2D eigenvalue weighted by Gasteiger charge is -2.01. The van der Waals surface area contributed by atoms with Crippen LogP contribution < -0.4 is 4.80 Å². The smallest absolute Gasteiger partial charge is 0.279 e. The van der Waals surface area contributed by atoms with Gasteiger partial charge in [0.25, 0.3) is 5.91 Å². The molecule has 0 radical (unpaired) electrons. The van der Waals surface area contributed by atoms with Crippen LogP contribution in [0, 0.1) is 13.8 Å². The average molecular weight is 331 g/mol. The molecule has 112 valence electrons. The highest BCUT2D eigenvalue weighted by Gasteiger charge is 2.10. The lowest BCUT2D eigenvalue weighted by Crippen LogP contribution is -2.13. The SMILES string of the molecule is Cc1ccc(C)c2c1sc(=NC(=O)c1cccc(Cl)c1)n2C. The molecule has 0 spiro atoms. The number of carbonyl (C=O) groups is 1. The van der Waals surface area contributed by atoms with Gasteiger partial charge in [-0.3, -0.25) is 4.79 Å². The highest BCUT2D eigenvalue weighted by molar-refractivity contribution is 7.16. The number of benzene rings is 2. The molecule has 3 rings (SSSR count). The molecule has 1 aromatic heterocycles. The third-order valence-corrected chi connectivity index (χ3v) is 5.12. The number of hydrogen-bond acceptors (Lipinski definition) is 2. The predicted octanol–water partition coefficient (Wildman–Crippen LogP) is 4.25. The van der Waals surface area contributed by atoms with Crippen molar-refractivity contribution >= 4 is 39.1 Å². The van der Waals surface area contributed by atoms with Crippen molar-refractivity contribution in [2.24, 2.45) is 12.0 Å². The molecule has 0 aliphatic heterocycles. The lowest BCUT2D eigenvalue weighted by atomic mass is 10.1. The topological polar surface area (TPSA) is 34.4 Å². The summed E-state index contributed by atoms with van der Waals surface area (Å²) >= 11 is 7.47. The Morgan fingerprint density at radius 1 is 1.18 bits per heavy atom. The van der Waals surface area contributed by atoms with Crippen molar-refractivity contribution in [3.8, 4) is 0 Å². The maximum absolute atomic E-state index is 12.3. The molecule has 3 nitrogen and oxygen atoms in total. The van der Waals surface area contributed by atoms with Crippen LogP contribution in [0.4, 0.5) is 0 Å². The molecule has 0 bridgehead atoms. The number of thiazole rings is 1. The summed E-state index contributed by atoms with van der Waals surface area (Å²) in [6.45, 7) is 4.14. The van der Waals surface area contributed by atoms with Crippen molar-refractivity contribution in [3.05, 3.63) is 62.9 Å². The van der Waals surface area contributed by atoms with Gasteiger partial charge in [0.1, 0.15) is 0 Å². The van der Waals surface area contributed by atoms with E-state index in [2.05, 4.69) is 31.0 Å². The molecule has 0 N–H and O–H groups in total. The molecular weight excluding hydrogens is 316 g/mol. The van der Waals surface area contributed by atoms with Gasteiger partial charge >= 0.3 is 0 Å². The minimum atomic E-state index is -0.278.